The second-order valence-corrected chi connectivity index (χ2v) is 8.40. The monoisotopic (exact) mass is 399 g/mol. The van der Waals surface area contributed by atoms with Crippen LogP contribution in [0.2, 0.25) is 0 Å². The lowest BCUT2D eigenvalue weighted by Gasteiger charge is -2.35. The molecule has 3 rings (SSSR count). The molecule has 29 heavy (non-hydrogen) atoms. The van der Waals surface area contributed by atoms with Gasteiger partial charge >= 0.3 is 0 Å². The Labute approximate surface area is 173 Å². The zero-order chi connectivity index (χ0) is 20.8. The first-order valence-corrected chi connectivity index (χ1v) is 10.9. The Bertz CT molecular complexity index is 765. The van der Waals surface area contributed by atoms with Gasteiger partial charge in [0.05, 0.1) is 24.7 Å². The Balaban J connectivity index is 1.45. The molecular weight excluding hydrogens is 366 g/mol. The van der Waals surface area contributed by atoms with E-state index in [-0.39, 0.29) is 11.8 Å². The van der Waals surface area contributed by atoms with E-state index in [1.54, 1.807) is 0 Å². The molecule has 1 aliphatic carbocycles. The molecule has 1 aromatic heterocycles. The van der Waals surface area contributed by atoms with E-state index >= 15 is 0 Å². The van der Waals surface area contributed by atoms with Gasteiger partial charge in [0.2, 0.25) is 11.8 Å². The van der Waals surface area contributed by atoms with Crippen LogP contribution < -0.4 is 0 Å². The molecule has 2 aliphatic rings. The fourth-order valence-electron chi connectivity index (χ4n) is 4.66. The molecule has 0 unspecified atom stereocenters. The Morgan fingerprint density at radius 2 is 1.69 bits per heavy atom. The van der Waals surface area contributed by atoms with E-state index < -0.39 is 0 Å². The van der Waals surface area contributed by atoms with Gasteiger partial charge in [0, 0.05) is 44.7 Å². The van der Waals surface area contributed by atoms with Gasteiger partial charge in [-0.1, -0.05) is 12.8 Å². The van der Waals surface area contributed by atoms with Crippen molar-refractivity contribution < 1.29 is 9.59 Å². The zero-order valence-corrected chi connectivity index (χ0v) is 17.8. The third-order valence-corrected chi connectivity index (χ3v) is 6.48. The maximum Gasteiger partial charge on any atom is 0.223 e. The number of hydrogen-bond donors (Lipinski definition) is 0. The molecule has 2 heterocycles. The lowest BCUT2D eigenvalue weighted by Crippen LogP contribution is -2.50. The minimum absolute atomic E-state index is 0.150. The van der Waals surface area contributed by atoms with E-state index in [1.807, 2.05) is 28.3 Å². The molecule has 1 aromatic rings. The van der Waals surface area contributed by atoms with Crippen molar-refractivity contribution in [3.63, 3.8) is 0 Å². The first kappa shape index (κ1) is 21.4. The van der Waals surface area contributed by atoms with Crippen molar-refractivity contribution in [1.29, 1.82) is 5.26 Å². The topological polar surface area (TPSA) is 82.2 Å². The predicted molar refractivity (Wildman–Crippen MR) is 110 cm³/mol. The number of rotatable bonds is 7. The van der Waals surface area contributed by atoms with E-state index in [4.69, 9.17) is 5.26 Å². The third kappa shape index (κ3) is 5.37. The Morgan fingerprint density at radius 1 is 1.07 bits per heavy atom. The molecule has 0 atom stereocenters. The van der Waals surface area contributed by atoms with Crippen molar-refractivity contribution in [3.05, 3.63) is 17.0 Å². The van der Waals surface area contributed by atoms with Crippen molar-refractivity contribution in [2.45, 2.75) is 71.8 Å². The van der Waals surface area contributed by atoms with Crippen LogP contribution in [0.4, 0.5) is 0 Å². The number of nitrogens with zero attached hydrogens (tertiary/aromatic N) is 5. The molecule has 1 aliphatic heterocycles. The summed E-state index contributed by atoms with van der Waals surface area (Å²) in [7, 11) is 0. The van der Waals surface area contributed by atoms with Gasteiger partial charge in [-0.05, 0) is 44.6 Å². The number of aromatic nitrogens is 2. The maximum atomic E-state index is 12.7. The molecule has 7 heteroatoms. The van der Waals surface area contributed by atoms with Gasteiger partial charge in [0.25, 0.3) is 0 Å². The first-order chi connectivity index (χ1) is 14.0. The van der Waals surface area contributed by atoms with Crippen LogP contribution in [-0.4, -0.2) is 57.6 Å². The summed E-state index contributed by atoms with van der Waals surface area (Å²) in [4.78, 5) is 29.0. The zero-order valence-electron chi connectivity index (χ0n) is 17.8. The number of nitriles is 1. The molecule has 0 N–H and O–H groups in total. The molecule has 7 nitrogen and oxygen atoms in total. The van der Waals surface area contributed by atoms with Crippen LogP contribution in [-0.2, 0) is 22.6 Å². The molecule has 2 fully saturated rings. The van der Waals surface area contributed by atoms with E-state index in [2.05, 4.69) is 11.2 Å². The molecule has 0 bridgehead atoms. The summed E-state index contributed by atoms with van der Waals surface area (Å²) in [5.41, 5.74) is 3.10. The van der Waals surface area contributed by atoms with Gasteiger partial charge < -0.3 is 9.80 Å². The number of piperazine rings is 1. The standard InChI is InChI=1S/C22H33N5O2/c1-17-20(18(2)27(24-17)11-5-10-23)8-9-21(28)25-12-14-26(15-13-25)22(29)16-19-6-3-4-7-19/h19H,3-9,11-16H2,1-2H3. The Kier molecular flexibility index (Phi) is 7.29. The average molecular weight is 400 g/mol. The highest BCUT2D eigenvalue weighted by molar-refractivity contribution is 5.78. The number of amides is 2. The minimum atomic E-state index is 0.150. The fourth-order valence-corrected chi connectivity index (χ4v) is 4.66. The summed E-state index contributed by atoms with van der Waals surface area (Å²) in [5.74, 6) is 0.985. The van der Waals surface area contributed by atoms with Crippen molar-refractivity contribution in [1.82, 2.24) is 19.6 Å². The van der Waals surface area contributed by atoms with Gasteiger partial charge in [-0.15, -0.1) is 0 Å². The molecule has 1 saturated carbocycles. The number of carbonyl (C=O) groups excluding carboxylic acids is 2. The van der Waals surface area contributed by atoms with Gasteiger partial charge in [-0.3, -0.25) is 14.3 Å². The van der Waals surface area contributed by atoms with Crippen LogP contribution in [0.1, 0.15) is 61.9 Å². The quantitative estimate of drug-likeness (QED) is 0.706. The largest absolute Gasteiger partial charge is 0.339 e. The Hall–Kier alpha value is -2.36. The van der Waals surface area contributed by atoms with Crippen LogP contribution >= 0.6 is 0 Å². The Morgan fingerprint density at radius 3 is 2.31 bits per heavy atom. The van der Waals surface area contributed by atoms with Crippen LogP contribution in [0.5, 0.6) is 0 Å². The summed E-state index contributed by atoms with van der Waals surface area (Å²) < 4.78 is 1.87. The summed E-state index contributed by atoms with van der Waals surface area (Å²) in [6.45, 7) is 7.14. The molecule has 0 aromatic carbocycles. The number of aryl methyl sites for hydroxylation is 2. The van der Waals surface area contributed by atoms with E-state index in [9.17, 15) is 9.59 Å². The maximum absolute atomic E-state index is 12.7. The lowest BCUT2D eigenvalue weighted by atomic mass is 10.0. The molecule has 0 spiro atoms. The number of carbonyl (C=O) groups is 2. The van der Waals surface area contributed by atoms with Gasteiger partial charge in [-0.25, -0.2) is 0 Å². The third-order valence-electron chi connectivity index (χ3n) is 6.48. The second-order valence-electron chi connectivity index (χ2n) is 8.40. The van der Waals surface area contributed by atoms with Crippen molar-refractivity contribution in [2.75, 3.05) is 26.2 Å². The van der Waals surface area contributed by atoms with Gasteiger partial charge in [-0.2, -0.15) is 10.4 Å². The smallest absolute Gasteiger partial charge is 0.223 e. The highest BCUT2D eigenvalue weighted by atomic mass is 16.2. The molecule has 1 saturated heterocycles. The molecular formula is C22H33N5O2. The van der Waals surface area contributed by atoms with Crippen LogP contribution in [0.15, 0.2) is 0 Å². The van der Waals surface area contributed by atoms with Crippen molar-refractivity contribution in [2.24, 2.45) is 5.92 Å². The molecule has 158 valence electrons. The van der Waals surface area contributed by atoms with E-state index in [0.717, 1.165) is 17.0 Å². The number of hydrogen-bond acceptors (Lipinski definition) is 4. The first-order valence-electron chi connectivity index (χ1n) is 10.9. The highest BCUT2D eigenvalue weighted by Crippen LogP contribution is 2.28. The van der Waals surface area contributed by atoms with Crippen LogP contribution in [0.3, 0.4) is 0 Å². The van der Waals surface area contributed by atoms with Crippen LogP contribution in [0, 0.1) is 31.1 Å². The normalized spacial score (nSPS) is 17.6. The lowest BCUT2D eigenvalue weighted by molar-refractivity contribution is -0.140. The van der Waals surface area contributed by atoms with Crippen LogP contribution in [0.25, 0.3) is 0 Å². The van der Waals surface area contributed by atoms with Gasteiger partial charge in [0.15, 0.2) is 0 Å². The van der Waals surface area contributed by atoms with E-state index in [0.29, 0.717) is 64.3 Å². The minimum Gasteiger partial charge on any atom is -0.339 e. The SMILES string of the molecule is Cc1nn(CCC#N)c(C)c1CCC(=O)N1CCN(C(=O)CC2CCCC2)CC1. The fraction of sp³-hybridized carbons (Fsp3) is 0.727. The summed E-state index contributed by atoms with van der Waals surface area (Å²) in [6, 6.07) is 2.15. The highest BCUT2D eigenvalue weighted by Gasteiger charge is 2.27. The van der Waals surface area contributed by atoms with Crippen molar-refractivity contribution in [3.8, 4) is 6.07 Å². The summed E-state index contributed by atoms with van der Waals surface area (Å²) in [5, 5.41) is 13.3. The summed E-state index contributed by atoms with van der Waals surface area (Å²) in [6.07, 6.45) is 7.15. The van der Waals surface area contributed by atoms with Crippen molar-refractivity contribution >= 4 is 11.8 Å². The molecule has 0 radical (unpaired) electrons. The van der Waals surface area contributed by atoms with Gasteiger partial charge in [0.1, 0.15) is 0 Å². The second kappa shape index (κ2) is 9.91. The summed E-state index contributed by atoms with van der Waals surface area (Å²) >= 11 is 0. The molecule has 2 amide bonds. The predicted octanol–water partition coefficient (Wildman–Crippen LogP) is 2.60. The average Bonchev–Trinajstić information content (AvgIpc) is 3.32. The van der Waals surface area contributed by atoms with E-state index in [1.165, 1.54) is 25.7 Å².